The molecule has 8 saturated carbocycles. The third-order valence-corrected chi connectivity index (χ3v) is 26.6. The Morgan fingerprint density at radius 1 is 0.459 bits per heavy atom. The molecule has 0 N–H and O–H groups in total. The molecule has 428 valence electrons. The lowest BCUT2D eigenvalue weighted by Gasteiger charge is -2.57. The highest BCUT2D eigenvalue weighted by atomic mass is 15.2. The average molecular weight is 1110 g/mol. The normalized spacial score (nSPS) is 30.0. The first kappa shape index (κ1) is 51.0. The number of benzene rings is 7. The van der Waals surface area contributed by atoms with Gasteiger partial charge in [-0.15, -0.1) is 0 Å². The smallest absolute Gasteiger partial charge is 0.329 e. The third-order valence-electron chi connectivity index (χ3n) is 26.6. The van der Waals surface area contributed by atoms with Crippen molar-refractivity contribution in [3.63, 3.8) is 0 Å². The van der Waals surface area contributed by atoms with Crippen molar-refractivity contribution in [2.75, 3.05) is 4.90 Å². The molecule has 1 aromatic heterocycles. The molecule has 8 fully saturated rings. The summed E-state index contributed by atoms with van der Waals surface area (Å²) in [6, 6.07) is 51.0. The van der Waals surface area contributed by atoms with E-state index in [1.807, 2.05) is 0 Å². The van der Waals surface area contributed by atoms with Gasteiger partial charge in [-0.25, -0.2) is 0 Å². The molecule has 8 aromatic rings. The number of allylic oxidation sites excluding steroid dienone is 1. The Balaban J connectivity index is 0.987. The number of rotatable bonds is 4. The Morgan fingerprint density at radius 2 is 1.05 bits per heavy atom. The van der Waals surface area contributed by atoms with E-state index in [9.17, 15) is 0 Å². The summed E-state index contributed by atoms with van der Waals surface area (Å²) in [5, 5.41) is 3.08. The van der Waals surface area contributed by atoms with E-state index < -0.39 is 0 Å². The van der Waals surface area contributed by atoms with E-state index in [0.717, 1.165) is 35.5 Å². The van der Waals surface area contributed by atoms with Gasteiger partial charge in [-0.05, 0) is 279 Å². The highest BCUT2D eigenvalue weighted by Crippen LogP contribution is 2.67. The lowest BCUT2D eigenvalue weighted by atomic mass is 9.40. The highest BCUT2D eigenvalue weighted by Gasteiger charge is 2.59. The van der Waals surface area contributed by atoms with Crippen LogP contribution in [0.1, 0.15) is 216 Å². The standard InChI is InChI=1S/C82H87BN2/c1-76(2,3)53-21-23-67(57(33-53)52-17-13-12-14-18-52)84-69-38-59-56-19-15-16-20-63(56)79(8,9)71(59)70-62-36-55(82-43-49-30-50(44-82)32-51(31-49)45-82)35-60-58-34-54(81-40-46-27-47(41-81)29-48(28-46)42-81)22-24-68(58)85(73(60)62)83(72(69)70)75-74(84)61-37-65-66(39-64(61)80(75,10)11)78(6,7)26-25-77(65,4)5/h12-24,33-39,46-51H,25-32,40-45H2,1-11H3. The van der Waals surface area contributed by atoms with Crippen LogP contribution in [0.2, 0.25) is 0 Å². The van der Waals surface area contributed by atoms with Gasteiger partial charge in [0.15, 0.2) is 0 Å². The second kappa shape index (κ2) is 16.2. The summed E-state index contributed by atoms with van der Waals surface area (Å²) >= 11 is 0. The number of anilines is 2. The summed E-state index contributed by atoms with van der Waals surface area (Å²) in [4.78, 5) is 2.90. The van der Waals surface area contributed by atoms with Crippen molar-refractivity contribution in [3.05, 3.63) is 177 Å². The highest BCUT2D eigenvalue weighted by molar-refractivity contribution is 6.86. The summed E-state index contributed by atoms with van der Waals surface area (Å²) in [5.74, 6) is 5.30. The Hall–Kier alpha value is -6.06. The van der Waals surface area contributed by atoms with Gasteiger partial charge in [0.25, 0.3) is 0 Å². The minimum Gasteiger partial charge on any atom is -0.376 e. The van der Waals surface area contributed by atoms with E-state index in [4.69, 9.17) is 0 Å². The fourth-order valence-corrected chi connectivity index (χ4v) is 23.3. The Morgan fingerprint density at radius 3 is 1.68 bits per heavy atom. The third kappa shape index (κ3) is 6.55. The fourth-order valence-electron chi connectivity index (χ4n) is 23.3. The molecule has 11 aliphatic carbocycles. The van der Waals surface area contributed by atoms with Crippen LogP contribution in [0.25, 0.3) is 60.9 Å². The summed E-state index contributed by atoms with van der Waals surface area (Å²) < 4.78 is 3.02. The average Bonchev–Trinajstić information content (AvgIpc) is 1.55. The second-order valence-corrected chi connectivity index (χ2v) is 34.4. The topological polar surface area (TPSA) is 8.17 Å². The van der Waals surface area contributed by atoms with Crippen LogP contribution >= 0.6 is 0 Å². The molecule has 0 atom stereocenters. The number of hydrogen-bond donors (Lipinski definition) is 0. The minimum atomic E-state index is -0.316. The quantitative estimate of drug-likeness (QED) is 0.160. The van der Waals surface area contributed by atoms with E-state index >= 15 is 0 Å². The molecule has 2 nitrogen and oxygen atoms in total. The maximum atomic E-state index is 3.02. The van der Waals surface area contributed by atoms with Crippen molar-refractivity contribution in [1.29, 1.82) is 0 Å². The van der Waals surface area contributed by atoms with Gasteiger partial charge in [-0.2, -0.15) is 0 Å². The van der Waals surface area contributed by atoms with E-state index in [1.54, 1.807) is 44.2 Å². The van der Waals surface area contributed by atoms with Crippen molar-refractivity contribution < 1.29 is 0 Å². The Bertz CT molecular complexity index is 4300. The zero-order valence-corrected chi connectivity index (χ0v) is 52.9. The van der Waals surface area contributed by atoms with Crippen molar-refractivity contribution in [2.24, 2.45) is 35.5 Å². The molecule has 0 unspecified atom stereocenters. The van der Waals surface area contributed by atoms with Gasteiger partial charge in [-0.1, -0.05) is 149 Å². The molecule has 13 aliphatic rings. The van der Waals surface area contributed by atoms with Gasteiger partial charge >= 0.3 is 6.85 Å². The van der Waals surface area contributed by atoms with Crippen LogP contribution in [0.3, 0.4) is 0 Å². The molecule has 0 spiro atoms. The van der Waals surface area contributed by atoms with Gasteiger partial charge in [0.2, 0.25) is 0 Å². The first-order valence-corrected chi connectivity index (χ1v) is 34.0. The van der Waals surface area contributed by atoms with Gasteiger partial charge in [0, 0.05) is 60.7 Å². The van der Waals surface area contributed by atoms with Gasteiger partial charge < -0.3 is 9.38 Å². The number of nitrogens with zero attached hydrogens (tertiary/aromatic N) is 2. The van der Waals surface area contributed by atoms with Crippen LogP contribution in [-0.2, 0) is 37.9 Å². The van der Waals surface area contributed by atoms with E-state index in [0.29, 0.717) is 5.41 Å². The lowest BCUT2D eigenvalue weighted by molar-refractivity contribution is -0.00527. The maximum Gasteiger partial charge on any atom is 0.329 e. The van der Waals surface area contributed by atoms with Crippen LogP contribution < -0.4 is 10.4 Å². The summed E-state index contributed by atoms with van der Waals surface area (Å²) in [6.45, 7) is 27.8. The molecule has 2 aliphatic heterocycles. The fraction of sp³-hybridized carbons (Fsp3) is 0.463. The van der Waals surface area contributed by atoms with E-state index in [-0.39, 0.29) is 39.3 Å². The number of hydrogen-bond acceptors (Lipinski definition) is 1. The van der Waals surface area contributed by atoms with Gasteiger partial charge in [0.05, 0.1) is 5.69 Å². The molecule has 3 heterocycles. The monoisotopic (exact) mass is 1110 g/mol. The van der Waals surface area contributed by atoms with Crippen LogP contribution in [-0.4, -0.2) is 11.3 Å². The predicted octanol–water partition coefficient (Wildman–Crippen LogP) is 20.5. The van der Waals surface area contributed by atoms with E-state index in [1.165, 1.54) is 179 Å². The molecular formula is C82H87BN2. The second-order valence-electron chi connectivity index (χ2n) is 34.4. The number of aromatic nitrogens is 1. The van der Waals surface area contributed by atoms with Crippen LogP contribution in [0.5, 0.6) is 0 Å². The maximum absolute atomic E-state index is 3.02. The molecule has 8 bridgehead atoms. The Labute approximate surface area is 507 Å². The van der Waals surface area contributed by atoms with Crippen LogP contribution in [0, 0.1) is 35.5 Å². The van der Waals surface area contributed by atoms with Crippen LogP contribution in [0.15, 0.2) is 127 Å². The summed E-state index contributed by atoms with van der Waals surface area (Å²) in [6.07, 6.45) is 19.5. The molecule has 0 saturated heterocycles. The van der Waals surface area contributed by atoms with Crippen molar-refractivity contribution in [3.8, 4) is 33.4 Å². The lowest BCUT2D eigenvalue weighted by Crippen LogP contribution is -2.53. The minimum absolute atomic E-state index is 0.0289. The van der Waals surface area contributed by atoms with Crippen LogP contribution in [0.4, 0.5) is 11.4 Å². The van der Waals surface area contributed by atoms with E-state index in [2.05, 4.69) is 207 Å². The molecule has 85 heavy (non-hydrogen) atoms. The zero-order chi connectivity index (χ0) is 57.6. The van der Waals surface area contributed by atoms with Crippen molar-refractivity contribution in [2.45, 2.75) is 204 Å². The Kier molecular flexibility index (Phi) is 9.71. The van der Waals surface area contributed by atoms with Crippen molar-refractivity contribution in [1.82, 2.24) is 4.48 Å². The number of fused-ring (bicyclic) bond motifs is 13. The molecule has 3 heteroatoms. The first-order chi connectivity index (χ1) is 40.6. The molecule has 7 aromatic carbocycles. The van der Waals surface area contributed by atoms with Crippen molar-refractivity contribution >= 4 is 51.2 Å². The SMILES string of the molecule is CC(C)(C)c1ccc(N2C3=C(B4c5c2cc2c(c5-c5cc(C67CC8CC(CC(C8)C6)C7)cc6c7cc(C89CC%10CC(CC(C%10)C8)C9)ccc7n4c56)C(C)(C)c4ccccc4-2)C(C)(C)c2cc4c(cc23)C(C)(C)CCC4(C)C)c(-c2ccccc2)c1. The summed E-state index contributed by atoms with van der Waals surface area (Å²) in [5.41, 5.74) is 32.5. The predicted molar refractivity (Wildman–Crippen MR) is 357 cm³/mol. The van der Waals surface area contributed by atoms with Gasteiger partial charge in [-0.3, -0.25) is 0 Å². The molecular weight excluding hydrogens is 1020 g/mol. The van der Waals surface area contributed by atoms with Gasteiger partial charge in [0.1, 0.15) is 0 Å². The molecule has 0 amide bonds. The molecule has 21 rings (SSSR count). The largest absolute Gasteiger partial charge is 0.376 e. The first-order valence-electron chi connectivity index (χ1n) is 34.0. The molecule has 0 radical (unpaired) electrons. The summed E-state index contributed by atoms with van der Waals surface area (Å²) in [7, 11) is 0. The zero-order valence-electron chi connectivity index (χ0n) is 52.9.